The van der Waals surface area contributed by atoms with E-state index in [1.807, 2.05) is 0 Å². The van der Waals surface area contributed by atoms with Gasteiger partial charge >= 0.3 is 0 Å². The van der Waals surface area contributed by atoms with Gasteiger partial charge in [0.05, 0.1) is 12.5 Å². The molecule has 1 rings (SSSR count). The second-order valence-corrected chi connectivity index (χ2v) is 3.23. The predicted octanol–water partition coefficient (Wildman–Crippen LogP) is 0.0525. The van der Waals surface area contributed by atoms with Crippen molar-refractivity contribution in [3.05, 3.63) is 0 Å². The van der Waals surface area contributed by atoms with Crippen molar-refractivity contribution in [2.75, 3.05) is 13.2 Å². The first-order chi connectivity index (χ1) is 6.24. The Morgan fingerprint density at radius 3 is 3.08 bits per heavy atom. The molecule has 0 amide bonds. The number of aliphatic hydroxyl groups excluding tert-OH is 1. The molecule has 1 saturated heterocycles. The molecule has 1 heterocycles. The van der Waals surface area contributed by atoms with Crippen LogP contribution in [0.2, 0.25) is 0 Å². The first kappa shape index (κ1) is 10.6. The molecule has 0 radical (unpaired) electrons. The fourth-order valence-electron chi connectivity index (χ4n) is 1.53. The van der Waals surface area contributed by atoms with Crippen molar-refractivity contribution in [3.63, 3.8) is 0 Å². The Hall–Kier alpha value is -0.450. The number of aliphatic hydroxyl groups is 1. The highest BCUT2D eigenvalue weighted by Crippen LogP contribution is 2.09. The van der Waals surface area contributed by atoms with E-state index in [0.29, 0.717) is 6.61 Å². The number of nitrogens with one attached hydrogen (secondary N) is 1. The van der Waals surface area contributed by atoms with Crippen molar-refractivity contribution in [2.24, 2.45) is 0 Å². The van der Waals surface area contributed by atoms with Gasteiger partial charge in [-0.2, -0.15) is 0 Å². The van der Waals surface area contributed by atoms with Crippen molar-refractivity contribution in [1.82, 2.24) is 5.32 Å². The second-order valence-electron chi connectivity index (χ2n) is 3.23. The molecule has 13 heavy (non-hydrogen) atoms. The van der Waals surface area contributed by atoms with Gasteiger partial charge in [0.15, 0.2) is 12.1 Å². The summed E-state index contributed by atoms with van der Waals surface area (Å²) in [6.45, 7) is 3.13. The number of Topliss-reactive ketones (excluding diaryl/α,β-unsaturated/α-hetero) is 1. The van der Waals surface area contributed by atoms with Gasteiger partial charge in [0, 0.05) is 6.61 Å². The van der Waals surface area contributed by atoms with E-state index < -0.39 is 6.29 Å². The van der Waals surface area contributed by atoms with Crippen molar-refractivity contribution in [3.8, 4) is 0 Å². The monoisotopic (exact) mass is 187 g/mol. The van der Waals surface area contributed by atoms with Crippen LogP contribution in [-0.4, -0.2) is 36.4 Å². The smallest absolute Gasteiger partial charge is 0.161 e. The molecule has 1 aliphatic heterocycles. The third-order valence-corrected chi connectivity index (χ3v) is 2.18. The van der Waals surface area contributed by atoms with Crippen LogP contribution in [0.4, 0.5) is 0 Å². The fourth-order valence-corrected chi connectivity index (χ4v) is 1.53. The molecule has 0 aromatic rings. The first-order valence-electron chi connectivity index (χ1n) is 4.79. The molecule has 76 valence electrons. The summed E-state index contributed by atoms with van der Waals surface area (Å²) >= 11 is 0. The average Bonchev–Trinajstić information content (AvgIpc) is 2.55. The number of ether oxygens (including phenoxy) is 1. The van der Waals surface area contributed by atoms with Gasteiger partial charge in [-0.1, -0.05) is 0 Å². The van der Waals surface area contributed by atoms with E-state index in [9.17, 15) is 9.90 Å². The summed E-state index contributed by atoms with van der Waals surface area (Å²) in [5, 5.41) is 12.3. The molecule has 2 unspecified atom stereocenters. The van der Waals surface area contributed by atoms with Crippen LogP contribution in [0.15, 0.2) is 0 Å². The Labute approximate surface area is 78.3 Å². The minimum atomic E-state index is -0.931. The lowest BCUT2D eigenvalue weighted by molar-refractivity contribution is -0.136. The van der Waals surface area contributed by atoms with Crippen molar-refractivity contribution >= 4 is 5.78 Å². The van der Waals surface area contributed by atoms with Crippen LogP contribution in [0.1, 0.15) is 26.2 Å². The average molecular weight is 187 g/mol. The zero-order valence-electron chi connectivity index (χ0n) is 7.95. The van der Waals surface area contributed by atoms with E-state index in [-0.39, 0.29) is 18.2 Å². The van der Waals surface area contributed by atoms with E-state index >= 15 is 0 Å². The van der Waals surface area contributed by atoms with E-state index in [1.165, 1.54) is 0 Å². The lowest BCUT2D eigenvalue weighted by Gasteiger charge is -2.12. The zero-order chi connectivity index (χ0) is 9.68. The minimum Gasteiger partial charge on any atom is -0.368 e. The van der Waals surface area contributed by atoms with Crippen LogP contribution < -0.4 is 5.32 Å². The van der Waals surface area contributed by atoms with Crippen LogP contribution in [-0.2, 0) is 9.53 Å². The summed E-state index contributed by atoms with van der Waals surface area (Å²) < 4.78 is 4.88. The quantitative estimate of drug-likeness (QED) is 0.597. The van der Waals surface area contributed by atoms with Crippen molar-refractivity contribution < 1.29 is 14.6 Å². The van der Waals surface area contributed by atoms with Crippen LogP contribution in [0.5, 0.6) is 0 Å². The van der Waals surface area contributed by atoms with Gasteiger partial charge in [0.1, 0.15) is 0 Å². The predicted molar refractivity (Wildman–Crippen MR) is 48.3 cm³/mol. The van der Waals surface area contributed by atoms with Gasteiger partial charge < -0.3 is 15.2 Å². The number of carbonyl (C=O) groups excluding carboxylic acids is 1. The summed E-state index contributed by atoms with van der Waals surface area (Å²) in [4.78, 5) is 11.4. The maximum Gasteiger partial charge on any atom is 0.161 e. The molecule has 0 aliphatic carbocycles. The third kappa shape index (κ3) is 3.42. The lowest BCUT2D eigenvalue weighted by Crippen LogP contribution is -2.33. The largest absolute Gasteiger partial charge is 0.368 e. The molecule has 4 heteroatoms. The van der Waals surface area contributed by atoms with Gasteiger partial charge in [-0.05, 0) is 26.3 Å². The second kappa shape index (κ2) is 5.32. The van der Waals surface area contributed by atoms with Gasteiger partial charge in [-0.3, -0.25) is 4.79 Å². The molecule has 2 atom stereocenters. The molecule has 1 fully saturated rings. The summed E-state index contributed by atoms with van der Waals surface area (Å²) in [6, 6.07) is -0.0601. The van der Waals surface area contributed by atoms with Gasteiger partial charge in [-0.15, -0.1) is 0 Å². The van der Waals surface area contributed by atoms with Gasteiger partial charge in [0.25, 0.3) is 0 Å². The number of carbonyl (C=O) groups is 1. The standard InChI is InChI=1S/C9H17NO3/c1-2-13-9(12)6-8(11)7-4-3-5-10-7/h7,9-10,12H,2-6H2,1H3. The normalized spacial score (nSPS) is 24.6. The maximum atomic E-state index is 11.4. The van der Waals surface area contributed by atoms with E-state index in [4.69, 9.17) is 4.74 Å². The summed E-state index contributed by atoms with van der Waals surface area (Å²) in [5.41, 5.74) is 0. The maximum absolute atomic E-state index is 11.4. The highest BCUT2D eigenvalue weighted by atomic mass is 16.6. The number of rotatable bonds is 5. The molecule has 4 nitrogen and oxygen atoms in total. The molecular formula is C9H17NO3. The van der Waals surface area contributed by atoms with Crippen LogP contribution in [0.3, 0.4) is 0 Å². The molecule has 0 spiro atoms. The first-order valence-corrected chi connectivity index (χ1v) is 4.79. The molecular weight excluding hydrogens is 170 g/mol. The lowest BCUT2D eigenvalue weighted by atomic mass is 10.1. The summed E-state index contributed by atoms with van der Waals surface area (Å²) in [5.74, 6) is 0.0541. The molecule has 0 bridgehead atoms. The van der Waals surface area contributed by atoms with Gasteiger partial charge in [-0.25, -0.2) is 0 Å². The highest BCUT2D eigenvalue weighted by Gasteiger charge is 2.23. The zero-order valence-corrected chi connectivity index (χ0v) is 7.95. The van der Waals surface area contributed by atoms with Crippen LogP contribution >= 0.6 is 0 Å². The Kier molecular flexibility index (Phi) is 4.35. The topological polar surface area (TPSA) is 58.6 Å². The molecule has 0 aromatic heterocycles. The van der Waals surface area contributed by atoms with Crippen LogP contribution in [0.25, 0.3) is 0 Å². The van der Waals surface area contributed by atoms with Gasteiger partial charge in [0.2, 0.25) is 0 Å². The number of ketones is 1. The SMILES string of the molecule is CCOC(O)CC(=O)C1CCCN1. The molecule has 1 aliphatic rings. The summed E-state index contributed by atoms with van der Waals surface area (Å²) in [6.07, 6.45) is 1.10. The number of hydrogen-bond acceptors (Lipinski definition) is 4. The molecule has 0 aromatic carbocycles. The van der Waals surface area contributed by atoms with Crippen LogP contribution in [0, 0.1) is 0 Å². The summed E-state index contributed by atoms with van der Waals surface area (Å²) in [7, 11) is 0. The molecule has 0 saturated carbocycles. The molecule has 2 N–H and O–H groups in total. The fraction of sp³-hybridized carbons (Fsp3) is 0.889. The van der Waals surface area contributed by atoms with Crippen molar-refractivity contribution in [1.29, 1.82) is 0 Å². The number of hydrogen-bond donors (Lipinski definition) is 2. The Bertz CT molecular complexity index is 166. The third-order valence-electron chi connectivity index (χ3n) is 2.18. The minimum absolute atomic E-state index is 0.0541. The Balaban J connectivity index is 2.23. The van der Waals surface area contributed by atoms with Crippen molar-refractivity contribution in [2.45, 2.75) is 38.5 Å². The van der Waals surface area contributed by atoms with E-state index in [1.54, 1.807) is 6.92 Å². The Morgan fingerprint density at radius 1 is 1.77 bits per heavy atom. The highest BCUT2D eigenvalue weighted by molar-refractivity contribution is 5.84. The van der Waals surface area contributed by atoms with E-state index in [0.717, 1.165) is 19.4 Å². The van der Waals surface area contributed by atoms with E-state index in [2.05, 4.69) is 5.32 Å². The Morgan fingerprint density at radius 2 is 2.54 bits per heavy atom.